The number of unbranched alkanes of at least 4 members (excludes halogenated alkanes) is 2. The van der Waals surface area contributed by atoms with E-state index in [1.807, 2.05) is 49.5 Å². The van der Waals surface area contributed by atoms with Crippen LogP contribution in [0.2, 0.25) is 0 Å². The molecule has 1 aliphatic heterocycles. The third-order valence-electron chi connectivity index (χ3n) is 13.1. The maximum atomic E-state index is 14.1. The highest BCUT2D eigenvalue weighted by Crippen LogP contribution is 2.62. The number of aliphatic hydroxyl groups is 2. The number of benzene rings is 4. The maximum Gasteiger partial charge on any atom is 0.269 e. The van der Waals surface area contributed by atoms with E-state index in [2.05, 4.69) is 43.0 Å². The molecule has 4 aromatic rings. The van der Waals surface area contributed by atoms with Gasteiger partial charge < -0.3 is 34.2 Å². The van der Waals surface area contributed by atoms with Crippen LogP contribution >= 0.6 is 0 Å². The molecule has 0 radical (unpaired) electrons. The van der Waals surface area contributed by atoms with E-state index in [1.165, 1.54) is 12.1 Å². The molecule has 6 atom stereocenters. The number of allylic oxidation sites excluding steroid dienone is 1. The summed E-state index contributed by atoms with van der Waals surface area (Å²) in [4.78, 5) is 32.9. The van der Waals surface area contributed by atoms with Crippen LogP contribution in [0.25, 0.3) is 11.1 Å². The number of nitro benzene ring substituents is 1. The number of aliphatic hydroxyl groups excluding tert-OH is 2. The van der Waals surface area contributed by atoms with E-state index < -0.39 is 22.7 Å². The van der Waals surface area contributed by atoms with Gasteiger partial charge in [0.15, 0.2) is 0 Å². The van der Waals surface area contributed by atoms with Gasteiger partial charge in [-0.3, -0.25) is 14.9 Å². The van der Waals surface area contributed by atoms with Crippen LogP contribution < -0.4 is 9.47 Å². The van der Waals surface area contributed by atoms with Crippen LogP contribution in [0.3, 0.4) is 0 Å². The standard InChI is InChI=1S/C51H57N3O9/c1-3-29-60-51-47(53(2)50(57)37-17-18-37)32-45(52-61-33-34-15-21-39(22-16-34)54(58)59)43-30-38(13-7-9-27-55)42(14-8-10-28-56)48(49(43)51)44-31-41(25-26-46(44)63-51)62-40-23-19-36(20-24-40)35-11-5-4-6-12-35/h3-6,11-12,15-16,19-26,30-31,37-38,42,47-49,55-56H,1,7-10,13-14,17-18,27-29,32-33H2,2H3/t38-,42+,47-,48+,49+,51+/m0/s1. The van der Waals surface area contributed by atoms with E-state index in [1.54, 1.807) is 23.1 Å². The van der Waals surface area contributed by atoms with Crippen molar-refractivity contribution in [1.29, 1.82) is 0 Å². The number of hydrogen-bond acceptors (Lipinski definition) is 10. The molecule has 3 aliphatic carbocycles. The lowest BCUT2D eigenvalue weighted by Gasteiger charge is -2.59. The van der Waals surface area contributed by atoms with E-state index in [0.717, 1.165) is 66.4 Å². The van der Waals surface area contributed by atoms with Crippen molar-refractivity contribution in [2.24, 2.45) is 28.8 Å². The summed E-state index contributed by atoms with van der Waals surface area (Å²) < 4.78 is 20.9. The third kappa shape index (κ3) is 9.44. The number of likely N-dealkylation sites (N-methyl/N-ethyl adjacent to an activating group) is 1. The fourth-order valence-corrected chi connectivity index (χ4v) is 9.94. The van der Waals surface area contributed by atoms with Crippen molar-refractivity contribution in [3.63, 3.8) is 0 Å². The molecule has 8 rings (SSSR count). The first-order valence-corrected chi connectivity index (χ1v) is 22.3. The van der Waals surface area contributed by atoms with E-state index in [9.17, 15) is 25.1 Å². The Morgan fingerprint density at radius 2 is 1.63 bits per heavy atom. The van der Waals surface area contributed by atoms with E-state index in [0.29, 0.717) is 35.8 Å². The van der Waals surface area contributed by atoms with Gasteiger partial charge in [0, 0.05) is 56.2 Å². The second-order valence-corrected chi connectivity index (χ2v) is 17.2. The number of nitro groups is 1. The Morgan fingerprint density at radius 3 is 2.32 bits per heavy atom. The maximum absolute atomic E-state index is 14.1. The quantitative estimate of drug-likeness (QED) is 0.0383. The summed E-state index contributed by atoms with van der Waals surface area (Å²) in [6.07, 6.45) is 10.5. The van der Waals surface area contributed by atoms with Gasteiger partial charge in [-0.1, -0.05) is 72.6 Å². The first-order valence-electron chi connectivity index (χ1n) is 22.3. The highest BCUT2D eigenvalue weighted by Gasteiger charge is 2.65. The van der Waals surface area contributed by atoms with Crippen molar-refractivity contribution in [3.05, 3.63) is 143 Å². The number of non-ortho nitro benzene ring substituents is 1. The molecule has 0 saturated heterocycles. The predicted octanol–water partition coefficient (Wildman–Crippen LogP) is 9.76. The minimum absolute atomic E-state index is 0.00861. The van der Waals surface area contributed by atoms with Crippen LogP contribution in [0.1, 0.15) is 74.8 Å². The topological polar surface area (TPSA) is 153 Å². The first kappa shape index (κ1) is 43.8. The van der Waals surface area contributed by atoms with E-state index >= 15 is 0 Å². The number of carbonyl (C=O) groups is 1. The normalized spacial score (nSPS) is 24.0. The summed E-state index contributed by atoms with van der Waals surface area (Å²) in [5.74, 6) is 0.0983. The van der Waals surface area contributed by atoms with Gasteiger partial charge in [-0.2, -0.15) is 0 Å². The molecule has 12 nitrogen and oxygen atoms in total. The molecule has 63 heavy (non-hydrogen) atoms. The summed E-state index contributed by atoms with van der Waals surface area (Å²) in [7, 11) is 1.83. The number of nitrogens with zero attached hydrogens (tertiary/aromatic N) is 3. The molecule has 2 saturated carbocycles. The van der Waals surface area contributed by atoms with Gasteiger partial charge in [-0.05, 0) is 115 Å². The molecule has 2 N–H and O–H groups in total. The monoisotopic (exact) mass is 855 g/mol. The van der Waals surface area contributed by atoms with Crippen LogP contribution in [0.5, 0.6) is 17.2 Å². The second-order valence-electron chi connectivity index (χ2n) is 17.2. The van der Waals surface area contributed by atoms with Crippen molar-refractivity contribution < 1.29 is 39.0 Å². The summed E-state index contributed by atoms with van der Waals surface area (Å²) >= 11 is 0. The third-order valence-corrected chi connectivity index (χ3v) is 13.1. The van der Waals surface area contributed by atoms with Crippen LogP contribution in [0.4, 0.5) is 5.69 Å². The summed E-state index contributed by atoms with van der Waals surface area (Å²) in [6, 6.07) is 29.8. The molecule has 0 unspecified atom stereocenters. The average molecular weight is 856 g/mol. The Labute approximate surface area is 369 Å². The molecular weight excluding hydrogens is 799 g/mol. The van der Waals surface area contributed by atoms with Crippen molar-refractivity contribution >= 4 is 17.3 Å². The SMILES string of the molecule is C=CCO[C@@]12Oc3ccc(Oc4ccc(-c5ccccc5)cc4)cc3[C@H]3[C@H](CCCCO)[C@@H](CCCCO)C=C(C(=NOCc4ccc([N+](=O)[O-])cc4)C[C@@H]1N(C)C(=O)C1CC1)[C@H]32. The Hall–Kier alpha value is -5.82. The lowest BCUT2D eigenvalue weighted by molar-refractivity contribution is -0.384. The predicted molar refractivity (Wildman–Crippen MR) is 240 cm³/mol. The lowest BCUT2D eigenvalue weighted by Crippen LogP contribution is -2.69. The minimum Gasteiger partial charge on any atom is -0.459 e. The largest absolute Gasteiger partial charge is 0.459 e. The van der Waals surface area contributed by atoms with Gasteiger partial charge in [-0.15, -0.1) is 6.58 Å². The Bertz CT molecular complexity index is 2290. The highest BCUT2D eigenvalue weighted by atomic mass is 16.7. The molecule has 1 amide bonds. The number of amides is 1. The molecule has 12 heteroatoms. The fourth-order valence-electron chi connectivity index (χ4n) is 9.94. The smallest absolute Gasteiger partial charge is 0.269 e. The summed E-state index contributed by atoms with van der Waals surface area (Å²) in [6.45, 7) is 4.45. The van der Waals surface area contributed by atoms with Gasteiger partial charge in [0.25, 0.3) is 5.69 Å². The number of fused-ring (bicyclic) bond motifs is 2. The second kappa shape index (κ2) is 19.7. The molecule has 2 fully saturated rings. The van der Waals surface area contributed by atoms with Gasteiger partial charge in [0.1, 0.15) is 29.9 Å². The van der Waals surface area contributed by atoms with Gasteiger partial charge in [-0.25, -0.2) is 0 Å². The molecule has 4 aromatic carbocycles. The molecule has 4 aliphatic rings. The minimum atomic E-state index is -1.34. The number of hydrogen-bond donors (Lipinski definition) is 2. The fraction of sp³-hybridized carbons (Fsp3) is 0.412. The van der Waals surface area contributed by atoms with Crippen molar-refractivity contribution in [2.75, 3.05) is 26.9 Å². The Morgan fingerprint density at radius 1 is 0.937 bits per heavy atom. The molecule has 1 heterocycles. The Balaban J connectivity index is 1.24. The lowest BCUT2D eigenvalue weighted by atomic mass is 9.55. The van der Waals surface area contributed by atoms with Gasteiger partial charge >= 0.3 is 0 Å². The van der Waals surface area contributed by atoms with E-state index in [-0.39, 0.29) is 68.1 Å². The average Bonchev–Trinajstić information content (AvgIpc) is 4.16. The van der Waals surface area contributed by atoms with Crippen LogP contribution in [0, 0.1) is 33.8 Å². The van der Waals surface area contributed by atoms with Gasteiger partial charge in [0.05, 0.1) is 23.2 Å². The zero-order valence-corrected chi connectivity index (χ0v) is 35.8. The summed E-state index contributed by atoms with van der Waals surface area (Å²) in [5.41, 5.74) is 5.50. The molecule has 0 spiro atoms. The Kier molecular flexibility index (Phi) is 13.7. The summed E-state index contributed by atoms with van der Waals surface area (Å²) in [5, 5.41) is 36.0. The molecular formula is C51H57N3O9. The molecule has 330 valence electrons. The van der Waals surface area contributed by atoms with Gasteiger partial charge in [0.2, 0.25) is 11.7 Å². The zero-order chi connectivity index (χ0) is 43.9. The van der Waals surface area contributed by atoms with E-state index in [4.69, 9.17) is 24.2 Å². The zero-order valence-electron chi connectivity index (χ0n) is 35.8. The number of oxime groups is 1. The van der Waals surface area contributed by atoms with Crippen molar-refractivity contribution in [2.45, 2.75) is 82.1 Å². The molecule has 0 bridgehead atoms. The number of carbonyl (C=O) groups excluding carboxylic acids is 1. The number of ether oxygens (including phenoxy) is 3. The van der Waals surface area contributed by atoms with Crippen LogP contribution in [0.15, 0.2) is 127 Å². The van der Waals surface area contributed by atoms with Crippen LogP contribution in [-0.4, -0.2) is 70.4 Å². The first-order chi connectivity index (χ1) is 30.7. The van der Waals surface area contributed by atoms with Crippen molar-refractivity contribution in [3.8, 4) is 28.4 Å². The number of rotatable bonds is 20. The molecule has 0 aromatic heterocycles. The van der Waals surface area contributed by atoms with Crippen LogP contribution in [-0.2, 0) is 21.0 Å². The highest BCUT2D eigenvalue weighted by molar-refractivity contribution is 6.03. The van der Waals surface area contributed by atoms with Crippen molar-refractivity contribution in [1.82, 2.24) is 4.90 Å².